The summed E-state index contributed by atoms with van der Waals surface area (Å²) in [7, 11) is 0.642. The molecule has 0 bridgehead atoms. The van der Waals surface area contributed by atoms with E-state index in [9.17, 15) is 8.42 Å². The van der Waals surface area contributed by atoms with Crippen molar-refractivity contribution in [1.29, 1.82) is 0 Å². The van der Waals surface area contributed by atoms with E-state index in [2.05, 4.69) is 17.9 Å². The van der Waals surface area contributed by atoms with Crippen molar-refractivity contribution in [2.24, 2.45) is 5.14 Å². The lowest BCUT2D eigenvalue weighted by Gasteiger charge is -2.13. The number of primary sulfonamides is 1. The topological polar surface area (TPSA) is 63.4 Å². The van der Waals surface area contributed by atoms with Crippen LogP contribution in [0.2, 0.25) is 0 Å². The van der Waals surface area contributed by atoms with Crippen LogP contribution in [0.3, 0.4) is 0 Å². The maximum atomic E-state index is 10.9. The Bertz CT molecular complexity index is 481. The highest BCUT2D eigenvalue weighted by Gasteiger charge is 2.06. The second kappa shape index (κ2) is 5.62. The molecule has 0 spiro atoms. The molecule has 0 heterocycles. The quantitative estimate of drug-likeness (QED) is 0.851. The summed E-state index contributed by atoms with van der Waals surface area (Å²) in [5.74, 6) is -0.00251. The maximum Gasteiger partial charge on any atom is 0.209 e. The van der Waals surface area contributed by atoms with Gasteiger partial charge in [0.15, 0.2) is 0 Å². The molecule has 0 radical (unpaired) electrons. The number of aryl methyl sites for hydroxylation is 2. The van der Waals surface area contributed by atoms with E-state index in [0.29, 0.717) is 6.42 Å². The fraction of sp³-hybridized carbons (Fsp3) is 0.500. The van der Waals surface area contributed by atoms with Gasteiger partial charge in [-0.3, -0.25) is 0 Å². The molecule has 0 unspecified atom stereocenters. The predicted octanol–water partition coefficient (Wildman–Crippen LogP) is 0.888. The molecule has 0 atom stereocenters. The van der Waals surface area contributed by atoms with Gasteiger partial charge in [-0.25, -0.2) is 13.6 Å². The lowest BCUT2D eigenvalue weighted by molar-refractivity contribution is 0.401. The van der Waals surface area contributed by atoms with Gasteiger partial charge in [-0.15, -0.1) is 0 Å². The summed E-state index contributed by atoms with van der Waals surface area (Å²) in [6.07, 6.45) is 0.472. The number of sulfonamides is 1. The van der Waals surface area contributed by atoms with Crippen molar-refractivity contribution in [2.75, 3.05) is 19.8 Å². The van der Waals surface area contributed by atoms with Gasteiger partial charge in [-0.1, -0.05) is 18.2 Å². The molecule has 0 aliphatic rings. The van der Waals surface area contributed by atoms with Crippen LogP contribution in [0.4, 0.5) is 0 Å². The summed E-state index contributed by atoms with van der Waals surface area (Å²) in [6.45, 7) is 2.91. The summed E-state index contributed by atoms with van der Waals surface area (Å²) in [4.78, 5) is 2.09. The highest BCUT2D eigenvalue weighted by atomic mass is 32.2. The van der Waals surface area contributed by atoms with Gasteiger partial charge < -0.3 is 4.90 Å². The minimum atomic E-state index is -3.38. The van der Waals surface area contributed by atoms with Crippen molar-refractivity contribution in [1.82, 2.24) is 4.90 Å². The van der Waals surface area contributed by atoms with Crippen LogP contribution in [0.5, 0.6) is 0 Å². The van der Waals surface area contributed by atoms with Crippen molar-refractivity contribution in [3.8, 4) is 0 Å². The van der Waals surface area contributed by atoms with Crippen LogP contribution in [0.25, 0.3) is 0 Å². The molecule has 0 saturated heterocycles. The summed E-state index contributed by atoms with van der Waals surface area (Å²) < 4.78 is 21.8. The van der Waals surface area contributed by atoms with E-state index in [1.165, 1.54) is 11.1 Å². The van der Waals surface area contributed by atoms with Crippen LogP contribution in [0.15, 0.2) is 18.2 Å². The molecular formula is C12H20N2O2S. The zero-order valence-corrected chi connectivity index (χ0v) is 11.4. The van der Waals surface area contributed by atoms with Crippen LogP contribution >= 0.6 is 0 Å². The van der Waals surface area contributed by atoms with E-state index in [4.69, 9.17) is 5.14 Å². The second-order valence-corrected chi connectivity index (χ2v) is 6.35. The van der Waals surface area contributed by atoms with Gasteiger partial charge in [0, 0.05) is 6.54 Å². The standard InChI is InChI=1S/C12H20N2O2S/c1-10-4-5-11(6-7-17(13,15)16)8-12(10)9-14(2)3/h4-5,8H,6-7,9H2,1-3H3,(H2,13,15,16). The molecule has 1 rings (SSSR count). The average Bonchev–Trinajstić information content (AvgIpc) is 2.17. The Morgan fingerprint density at radius 1 is 1.29 bits per heavy atom. The van der Waals surface area contributed by atoms with Crippen LogP contribution in [0, 0.1) is 6.92 Å². The van der Waals surface area contributed by atoms with Gasteiger partial charge in [0.25, 0.3) is 0 Å². The minimum Gasteiger partial charge on any atom is -0.305 e. The number of hydrogen-bond acceptors (Lipinski definition) is 3. The maximum absolute atomic E-state index is 10.9. The van der Waals surface area contributed by atoms with Gasteiger partial charge in [-0.2, -0.15) is 0 Å². The summed E-state index contributed by atoms with van der Waals surface area (Å²) in [6, 6.07) is 6.04. The number of nitrogens with zero attached hydrogens (tertiary/aromatic N) is 1. The van der Waals surface area contributed by atoms with Crippen molar-refractivity contribution in [2.45, 2.75) is 19.9 Å². The van der Waals surface area contributed by atoms with E-state index < -0.39 is 10.0 Å². The molecule has 0 aliphatic heterocycles. The monoisotopic (exact) mass is 256 g/mol. The summed E-state index contributed by atoms with van der Waals surface area (Å²) >= 11 is 0. The molecule has 1 aromatic rings. The predicted molar refractivity (Wildman–Crippen MR) is 70.2 cm³/mol. The largest absolute Gasteiger partial charge is 0.305 e. The van der Waals surface area contributed by atoms with E-state index >= 15 is 0 Å². The Morgan fingerprint density at radius 2 is 1.94 bits per heavy atom. The zero-order valence-electron chi connectivity index (χ0n) is 10.6. The third kappa shape index (κ3) is 5.30. The molecule has 0 fully saturated rings. The van der Waals surface area contributed by atoms with Gasteiger partial charge in [0.2, 0.25) is 10.0 Å². The van der Waals surface area contributed by atoms with Crippen LogP contribution in [-0.2, 0) is 23.0 Å². The van der Waals surface area contributed by atoms with Crippen molar-refractivity contribution < 1.29 is 8.42 Å². The van der Waals surface area contributed by atoms with Crippen molar-refractivity contribution in [3.63, 3.8) is 0 Å². The molecule has 5 heteroatoms. The molecule has 96 valence electrons. The Labute approximate surface area is 103 Å². The molecule has 0 saturated carbocycles. The smallest absolute Gasteiger partial charge is 0.209 e. The third-order valence-corrected chi connectivity index (χ3v) is 3.35. The first-order valence-electron chi connectivity index (χ1n) is 5.51. The highest BCUT2D eigenvalue weighted by Crippen LogP contribution is 2.13. The lowest BCUT2D eigenvalue weighted by Crippen LogP contribution is -2.18. The second-order valence-electron chi connectivity index (χ2n) is 4.62. The van der Waals surface area contributed by atoms with Crippen LogP contribution in [0.1, 0.15) is 16.7 Å². The van der Waals surface area contributed by atoms with Gasteiger partial charge >= 0.3 is 0 Å². The van der Waals surface area contributed by atoms with Gasteiger partial charge in [-0.05, 0) is 44.1 Å². The number of benzene rings is 1. The van der Waals surface area contributed by atoms with Crippen molar-refractivity contribution in [3.05, 3.63) is 34.9 Å². The van der Waals surface area contributed by atoms with E-state index in [-0.39, 0.29) is 5.75 Å². The molecule has 2 N–H and O–H groups in total. The van der Waals surface area contributed by atoms with Crippen LogP contribution in [-0.4, -0.2) is 33.2 Å². The molecule has 4 nitrogen and oxygen atoms in total. The van der Waals surface area contributed by atoms with E-state index in [1.807, 2.05) is 26.2 Å². The number of rotatable bonds is 5. The fourth-order valence-corrected chi connectivity index (χ4v) is 2.17. The highest BCUT2D eigenvalue weighted by molar-refractivity contribution is 7.89. The lowest BCUT2D eigenvalue weighted by atomic mass is 10.0. The number of nitrogens with two attached hydrogens (primary N) is 1. The van der Waals surface area contributed by atoms with E-state index in [0.717, 1.165) is 12.1 Å². The zero-order chi connectivity index (χ0) is 13.1. The molecule has 17 heavy (non-hydrogen) atoms. The van der Waals surface area contributed by atoms with Crippen LogP contribution < -0.4 is 5.14 Å². The minimum absolute atomic E-state index is 0.00251. The average molecular weight is 256 g/mol. The van der Waals surface area contributed by atoms with Gasteiger partial charge in [0.1, 0.15) is 0 Å². The number of hydrogen-bond donors (Lipinski definition) is 1. The molecular weight excluding hydrogens is 236 g/mol. The first-order chi connectivity index (χ1) is 7.78. The molecule has 0 aliphatic carbocycles. The van der Waals surface area contributed by atoms with Crippen molar-refractivity contribution >= 4 is 10.0 Å². The summed E-state index contributed by atoms with van der Waals surface area (Å²) in [5.41, 5.74) is 3.46. The first-order valence-corrected chi connectivity index (χ1v) is 7.23. The third-order valence-electron chi connectivity index (χ3n) is 2.58. The molecule has 1 aromatic carbocycles. The normalized spacial score (nSPS) is 12.1. The Morgan fingerprint density at radius 3 is 2.47 bits per heavy atom. The summed E-state index contributed by atoms with van der Waals surface area (Å²) in [5, 5.41) is 5.00. The SMILES string of the molecule is Cc1ccc(CCS(N)(=O)=O)cc1CN(C)C. The molecule has 0 amide bonds. The fourth-order valence-electron chi connectivity index (χ4n) is 1.65. The van der Waals surface area contributed by atoms with E-state index in [1.54, 1.807) is 0 Å². The Kier molecular flexibility index (Phi) is 4.68. The van der Waals surface area contributed by atoms with Gasteiger partial charge in [0.05, 0.1) is 5.75 Å². The molecule has 0 aromatic heterocycles. The first kappa shape index (κ1) is 14.2. The Balaban J connectivity index is 2.81. The Hall–Kier alpha value is -0.910.